The average Bonchev–Trinajstić information content (AvgIpc) is 2.27. The SMILES string of the molecule is C=C(CC(C)C)NNC(=O)Nc1ccccc1. The Balaban J connectivity index is 2.29. The summed E-state index contributed by atoms with van der Waals surface area (Å²) < 4.78 is 0. The van der Waals surface area contributed by atoms with Crippen LogP contribution in [-0.4, -0.2) is 6.03 Å². The number of amides is 2. The van der Waals surface area contributed by atoms with E-state index in [2.05, 4.69) is 36.6 Å². The maximum absolute atomic E-state index is 11.5. The number of hydrogen-bond acceptors (Lipinski definition) is 2. The van der Waals surface area contributed by atoms with Crippen LogP contribution in [0.15, 0.2) is 42.6 Å². The second kappa shape index (κ2) is 6.58. The van der Waals surface area contributed by atoms with Gasteiger partial charge >= 0.3 is 6.03 Å². The lowest BCUT2D eigenvalue weighted by Crippen LogP contribution is -2.39. The number of para-hydroxylation sites is 1. The lowest BCUT2D eigenvalue weighted by molar-refractivity contribution is 0.249. The number of hydrogen-bond donors (Lipinski definition) is 3. The number of allylic oxidation sites excluding steroid dienone is 1. The van der Waals surface area contributed by atoms with Crippen molar-refractivity contribution in [3.63, 3.8) is 0 Å². The first-order chi connectivity index (χ1) is 8.08. The third kappa shape index (κ3) is 5.61. The van der Waals surface area contributed by atoms with Crippen molar-refractivity contribution in [1.82, 2.24) is 10.9 Å². The molecule has 92 valence electrons. The standard InChI is InChI=1S/C13H19N3O/c1-10(2)9-11(3)15-16-13(17)14-12-7-5-4-6-8-12/h4-8,10,15H,3,9H2,1-2H3,(H2,14,16,17). The van der Waals surface area contributed by atoms with Crippen LogP contribution in [0.3, 0.4) is 0 Å². The molecule has 4 nitrogen and oxygen atoms in total. The third-order valence-electron chi connectivity index (χ3n) is 2.04. The van der Waals surface area contributed by atoms with Gasteiger partial charge in [-0.1, -0.05) is 38.6 Å². The predicted molar refractivity (Wildman–Crippen MR) is 70.3 cm³/mol. The maximum Gasteiger partial charge on any atom is 0.337 e. The van der Waals surface area contributed by atoms with E-state index in [9.17, 15) is 4.79 Å². The van der Waals surface area contributed by atoms with Crippen LogP contribution in [0, 0.1) is 5.92 Å². The fourth-order valence-corrected chi connectivity index (χ4v) is 1.37. The van der Waals surface area contributed by atoms with Crippen LogP contribution in [0.2, 0.25) is 0 Å². The summed E-state index contributed by atoms with van der Waals surface area (Å²) in [5.74, 6) is 0.508. The Morgan fingerprint density at radius 2 is 1.88 bits per heavy atom. The van der Waals surface area contributed by atoms with Crippen LogP contribution >= 0.6 is 0 Å². The van der Waals surface area contributed by atoms with E-state index in [0.29, 0.717) is 5.92 Å². The van der Waals surface area contributed by atoms with Crippen LogP contribution in [0.1, 0.15) is 20.3 Å². The van der Waals surface area contributed by atoms with Crippen molar-refractivity contribution in [2.45, 2.75) is 20.3 Å². The van der Waals surface area contributed by atoms with Gasteiger partial charge in [0, 0.05) is 11.4 Å². The maximum atomic E-state index is 11.5. The fraction of sp³-hybridized carbons (Fsp3) is 0.308. The van der Waals surface area contributed by atoms with Crippen LogP contribution in [0.25, 0.3) is 0 Å². The first kappa shape index (κ1) is 13.1. The number of urea groups is 1. The predicted octanol–water partition coefficient (Wildman–Crippen LogP) is 2.87. The first-order valence-electron chi connectivity index (χ1n) is 5.63. The quantitative estimate of drug-likeness (QED) is 0.685. The van der Waals surface area contributed by atoms with E-state index in [1.54, 1.807) is 0 Å². The number of benzene rings is 1. The molecular formula is C13H19N3O. The van der Waals surface area contributed by atoms with Crippen molar-refractivity contribution in [2.24, 2.45) is 5.92 Å². The van der Waals surface area contributed by atoms with Crippen LogP contribution < -0.4 is 16.2 Å². The van der Waals surface area contributed by atoms with Gasteiger partial charge in [-0.3, -0.25) is 5.43 Å². The molecule has 0 radical (unpaired) electrons. The molecular weight excluding hydrogens is 214 g/mol. The van der Waals surface area contributed by atoms with Crippen molar-refractivity contribution in [3.05, 3.63) is 42.6 Å². The van der Waals surface area contributed by atoms with Gasteiger partial charge < -0.3 is 10.7 Å². The molecule has 0 aliphatic carbocycles. The number of anilines is 1. The number of rotatable bonds is 5. The van der Waals surface area contributed by atoms with E-state index in [4.69, 9.17) is 0 Å². The summed E-state index contributed by atoms with van der Waals surface area (Å²) in [6.45, 7) is 8.01. The van der Waals surface area contributed by atoms with Gasteiger partial charge in [0.2, 0.25) is 0 Å². The minimum absolute atomic E-state index is 0.305. The highest BCUT2D eigenvalue weighted by Gasteiger charge is 2.02. The van der Waals surface area contributed by atoms with E-state index in [1.165, 1.54) is 0 Å². The molecule has 0 spiro atoms. The van der Waals surface area contributed by atoms with Gasteiger partial charge in [0.05, 0.1) is 0 Å². The largest absolute Gasteiger partial charge is 0.337 e. The molecule has 0 fully saturated rings. The second-order valence-electron chi connectivity index (χ2n) is 4.27. The summed E-state index contributed by atoms with van der Waals surface area (Å²) in [5, 5.41) is 2.70. The number of nitrogens with one attached hydrogen (secondary N) is 3. The summed E-state index contributed by atoms with van der Waals surface area (Å²) in [4.78, 5) is 11.5. The molecule has 4 heteroatoms. The first-order valence-corrected chi connectivity index (χ1v) is 5.63. The molecule has 0 aliphatic rings. The fourth-order valence-electron chi connectivity index (χ4n) is 1.37. The molecule has 0 bridgehead atoms. The van der Waals surface area contributed by atoms with Crippen molar-refractivity contribution >= 4 is 11.7 Å². The summed E-state index contributed by atoms with van der Waals surface area (Å²) in [6.07, 6.45) is 0.825. The summed E-state index contributed by atoms with van der Waals surface area (Å²) in [5.41, 5.74) is 6.86. The Kier molecular flexibility index (Phi) is 5.07. The minimum Gasteiger partial charge on any atom is -0.307 e. The van der Waals surface area contributed by atoms with Crippen LogP contribution in [-0.2, 0) is 0 Å². The molecule has 0 aliphatic heterocycles. The molecule has 0 aromatic heterocycles. The molecule has 0 atom stereocenters. The van der Waals surface area contributed by atoms with E-state index < -0.39 is 0 Å². The van der Waals surface area contributed by atoms with E-state index in [0.717, 1.165) is 17.8 Å². The van der Waals surface area contributed by atoms with Gasteiger partial charge in [0.15, 0.2) is 0 Å². The number of carbonyl (C=O) groups excluding carboxylic acids is 1. The van der Waals surface area contributed by atoms with E-state index in [1.807, 2.05) is 30.3 Å². The molecule has 0 unspecified atom stereocenters. The molecule has 0 heterocycles. The Bertz CT molecular complexity index is 374. The minimum atomic E-state index is -0.305. The Hall–Kier alpha value is -1.97. The lowest BCUT2D eigenvalue weighted by atomic mass is 10.1. The summed E-state index contributed by atoms with van der Waals surface area (Å²) in [7, 11) is 0. The Morgan fingerprint density at radius 3 is 2.47 bits per heavy atom. The monoisotopic (exact) mass is 233 g/mol. The van der Waals surface area contributed by atoms with E-state index >= 15 is 0 Å². The highest BCUT2D eigenvalue weighted by molar-refractivity contribution is 5.88. The molecule has 0 saturated carbocycles. The zero-order chi connectivity index (χ0) is 12.7. The van der Waals surface area contributed by atoms with Crippen molar-refractivity contribution < 1.29 is 4.79 Å². The molecule has 1 rings (SSSR count). The van der Waals surface area contributed by atoms with Gasteiger partial charge in [-0.05, 0) is 24.5 Å². The van der Waals surface area contributed by atoms with Crippen molar-refractivity contribution in [2.75, 3.05) is 5.32 Å². The molecule has 3 N–H and O–H groups in total. The van der Waals surface area contributed by atoms with Gasteiger partial charge in [0.25, 0.3) is 0 Å². The number of hydrazine groups is 1. The zero-order valence-corrected chi connectivity index (χ0v) is 10.3. The smallest absolute Gasteiger partial charge is 0.307 e. The van der Waals surface area contributed by atoms with Gasteiger partial charge in [-0.2, -0.15) is 0 Å². The van der Waals surface area contributed by atoms with Crippen LogP contribution in [0.5, 0.6) is 0 Å². The Labute approximate surface area is 102 Å². The van der Waals surface area contributed by atoms with Crippen LogP contribution in [0.4, 0.5) is 10.5 Å². The third-order valence-corrected chi connectivity index (χ3v) is 2.04. The normalized spacial score (nSPS) is 9.82. The second-order valence-corrected chi connectivity index (χ2v) is 4.27. The average molecular weight is 233 g/mol. The summed E-state index contributed by atoms with van der Waals surface area (Å²) >= 11 is 0. The number of carbonyl (C=O) groups is 1. The highest BCUT2D eigenvalue weighted by atomic mass is 16.2. The molecule has 0 saturated heterocycles. The summed E-state index contributed by atoms with van der Waals surface area (Å²) in [6, 6.07) is 8.96. The molecule has 2 amide bonds. The Morgan fingerprint density at radius 1 is 1.24 bits per heavy atom. The molecule has 1 aromatic rings. The topological polar surface area (TPSA) is 53.2 Å². The lowest BCUT2D eigenvalue weighted by Gasteiger charge is -2.13. The zero-order valence-electron chi connectivity index (χ0n) is 10.3. The van der Waals surface area contributed by atoms with Gasteiger partial charge in [-0.25, -0.2) is 4.79 Å². The molecule has 1 aromatic carbocycles. The van der Waals surface area contributed by atoms with Crippen molar-refractivity contribution in [1.29, 1.82) is 0 Å². The van der Waals surface area contributed by atoms with Gasteiger partial charge in [-0.15, -0.1) is 0 Å². The highest BCUT2D eigenvalue weighted by Crippen LogP contribution is 2.05. The van der Waals surface area contributed by atoms with Crippen molar-refractivity contribution in [3.8, 4) is 0 Å². The van der Waals surface area contributed by atoms with E-state index in [-0.39, 0.29) is 6.03 Å². The van der Waals surface area contributed by atoms with Gasteiger partial charge in [0.1, 0.15) is 0 Å². The molecule has 17 heavy (non-hydrogen) atoms.